The van der Waals surface area contributed by atoms with Crippen LogP contribution in [-0.2, 0) is 0 Å². The number of benzene rings is 2. The highest BCUT2D eigenvalue weighted by Crippen LogP contribution is 2.30. The van der Waals surface area contributed by atoms with Gasteiger partial charge >= 0.3 is 0 Å². The van der Waals surface area contributed by atoms with Gasteiger partial charge in [-0.05, 0) is 62.4 Å². The molecule has 0 atom stereocenters. The molecule has 0 aliphatic rings. The van der Waals surface area contributed by atoms with Crippen molar-refractivity contribution >= 4 is 57.7 Å². The molecule has 0 aliphatic carbocycles. The van der Waals surface area contributed by atoms with Gasteiger partial charge < -0.3 is 16.4 Å². The van der Waals surface area contributed by atoms with Crippen molar-refractivity contribution in [1.82, 2.24) is 4.37 Å². The number of aromatic nitrogens is 1. The predicted molar refractivity (Wildman–Crippen MR) is 118 cm³/mol. The molecule has 0 saturated carbocycles. The van der Waals surface area contributed by atoms with Gasteiger partial charge in [-0.25, -0.2) is 4.99 Å². The van der Waals surface area contributed by atoms with Crippen LogP contribution in [0.25, 0.3) is 0 Å². The van der Waals surface area contributed by atoms with Gasteiger partial charge in [0, 0.05) is 11.4 Å². The molecule has 0 bridgehead atoms. The average molecular weight is 392 g/mol. The van der Waals surface area contributed by atoms with E-state index in [9.17, 15) is 4.79 Å². The van der Waals surface area contributed by atoms with Crippen LogP contribution in [0.5, 0.6) is 0 Å². The molecule has 8 heteroatoms. The van der Waals surface area contributed by atoms with E-state index < -0.39 is 0 Å². The molecule has 4 N–H and O–H groups in total. The van der Waals surface area contributed by atoms with E-state index >= 15 is 0 Å². The van der Waals surface area contributed by atoms with Gasteiger partial charge in [-0.3, -0.25) is 9.79 Å². The minimum Gasteiger partial charge on any atom is -0.399 e. The zero-order valence-corrected chi connectivity index (χ0v) is 16.4. The van der Waals surface area contributed by atoms with Gasteiger partial charge in [-0.2, -0.15) is 4.37 Å². The Morgan fingerprint density at radius 2 is 1.96 bits per heavy atom. The van der Waals surface area contributed by atoms with E-state index in [0.29, 0.717) is 33.5 Å². The molecule has 2 aromatic carbocycles. The summed E-state index contributed by atoms with van der Waals surface area (Å²) in [6.45, 7) is 7.17. The molecule has 7 nitrogen and oxygen atoms in total. The van der Waals surface area contributed by atoms with Gasteiger partial charge in [-0.15, -0.1) is 0 Å². The fourth-order valence-electron chi connectivity index (χ4n) is 2.60. The molecule has 28 heavy (non-hydrogen) atoms. The topological polar surface area (TPSA) is 105 Å². The van der Waals surface area contributed by atoms with E-state index in [2.05, 4.69) is 31.7 Å². The molecule has 1 heterocycles. The van der Waals surface area contributed by atoms with Crippen LogP contribution in [0.1, 0.15) is 23.0 Å². The second-order valence-corrected chi connectivity index (χ2v) is 6.78. The van der Waals surface area contributed by atoms with Crippen LogP contribution in [0.3, 0.4) is 0 Å². The summed E-state index contributed by atoms with van der Waals surface area (Å²) in [5, 5.41) is 6.55. The first-order valence-electron chi connectivity index (χ1n) is 8.49. The van der Waals surface area contributed by atoms with E-state index in [4.69, 9.17) is 5.73 Å². The molecule has 3 rings (SSSR count). The maximum Gasteiger partial charge on any atom is 0.260 e. The number of carbonyl (C=O) groups is 1. The van der Waals surface area contributed by atoms with Crippen molar-refractivity contribution in [2.45, 2.75) is 13.8 Å². The number of para-hydroxylation sites is 2. The summed E-state index contributed by atoms with van der Waals surface area (Å²) in [4.78, 5) is 21.3. The Morgan fingerprint density at radius 1 is 1.18 bits per heavy atom. The van der Waals surface area contributed by atoms with E-state index in [1.165, 1.54) is 11.5 Å². The Hall–Kier alpha value is -3.52. The van der Waals surface area contributed by atoms with Crippen molar-refractivity contribution in [2.24, 2.45) is 9.98 Å². The number of hydrogen-bond donors (Lipinski definition) is 3. The van der Waals surface area contributed by atoms with Crippen LogP contribution < -0.4 is 16.4 Å². The molecule has 0 aliphatic heterocycles. The summed E-state index contributed by atoms with van der Waals surface area (Å²) >= 11 is 1.17. The lowest BCUT2D eigenvalue weighted by atomic mass is 10.2. The molecule has 1 amide bonds. The molecule has 0 fully saturated rings. The van der Waals surface area contributed by atoms with Gasteiger partial charge in [0.25, 0.3) is 5.91 Å². The lowest BCUT2D eigenvalue weighted by molar-refractivity contribution is 0.102. The van der Waals surface area contributed by atoms with E-state index in [-0.39, 0.29) is 5.91 Å². The number of rotatable bonds is 5. The first kappa shape index (κ1) is 19.2. The number of anilines is 3. The number of nitrogens with zero attached hydrogens (tertiary/aromatic N) is 3. The smallest absolute Gasteiger partial charge is 0.260 e. The summed E-state index contributed by atoms with van der Waals surface area (Å²) in [7, 11) is 0. The highest BCUT2D eigenvalue weighted by molar-refractivity contribution is 7.10. The maximum absolute atomic E-state index is 12.8. The van der Waals surface area contributed by atoms with E-state index in [1.54, 1.807) is 31.2 Å². The minimum absolute atomic E-state index is 0.281. The molecule has 0 unspecified atom stereocenters. The third-order valence-electron chi connectivity index (χ3n) is 3.88. The van der Waals surface area contributed by atoms with Crippen molar-refractivity contribution < 1.29 is 4.79 Å². The van der Waals surface area contributed by atoms with Crippen LogP contribution in [-0.4, -0.2) is 22.8 Å². The quantitative estimate of drug-likeness (QED) is 0.330. The number of hydrogen-bond acceptors (Lipinski definition) is 6. The first-order valence-corrected chi connectivity index (χ1v) is 9.26. The summed E-state index contributed by atoms with van der Waals surface area (Å²) in [5.74, 6) is 0.328. The lowest BCUT2D eigenvalue weighted by Gasteiger charge is -2.09. The predicted octanol–water partition coefficient (Wildman–Crippen LogP) is 4.78. The maximum atomic E-state index is 12.8. The average Bonchev–Trinajstić information content (AvgIpc) is 3.02. The second-order valence-electron chi connectivity index (χ2n) is 6.03. The SMILES string of the molecule is C=Nc1ccccc1NC(C)=Nc1snc(C)c1C(=O)Nc1cccc(N)c1. The number of amidine groups is 1. The van der Waals surface area contributed by atoms with Gasteiger partial charge in [0.15, 0.2) is 5.00 Å². The van der Waals surface area contributed by atoms with Crippen molar-refractivity contribution in [3.63, 3.8) is 0 Å². The Bertz CT molecular complexity index is 1060. The number of amides is 1. The van der Waals surface area contributed by atoms with Gasteiger partial charge in [0.2, 0.25) is 0 Å². The second kappa shape index (κ2) is 8.45. The van der Waals surface area contributed by atoms with Crippen LogP contribution in [0.4, 0.5) is 27.8 Å². The number of nitrogens with one attached hydrogen (secondary N) is 2. The third-order valence-corrected chi connectivity index (χ3v) is 4.71. The molecule has 0 saturated heterocycles. The fraction of sp³-hybridized carbons (Fsp3) is 0.100. The number of aliphatic imine (C=N–C) groups is 2. The van der Waals surface area contributed by atoms with Gasteiger partial charge in [-0.1, -0.05) is 18.2 Å². The standard InChI is InChI=1S/C20H20N6OS/c1-12-18(19(27)25-15-8-6-7-14(21)11-15)20(28-26-12)24-13(2)23-17-10-5-4-9-16(17)22-3/h4-11H,3,21H2,1-2H3,(H,23,24)(H,25,27). The van der Waals surface area contributed by atoms with Crippen LogP contribution >= 0.6 is 11.5 Å². The summed E-state index contributed by atoms with van der Waals surface area (Å²) < 4.78 is 4.28. The normalized spacial score (nSPS) is 11.1. The lowest BCUT2D eigenvalue weighted by Crippen LogP contribution is -2.13. The molecular formula is C20H20N6OS. The van der Waals surface area contributed by atoms with Crippen LogP contribution in [0.2, 0.25) is 0 Å². The van der Waals surface area contributed by atoms with Crippen LogP contribution in [0.15, 0.2) is 58.5 Å². The van der Waals surface area contributed by atoms with Crippen molar-refractivity contribution in [1.29, 1.82) is 0 Å². The summed E-state index contributed by atoms with van der Waals surface area (Å²) in [5.41, 5.74) is 9.52. The monoisotopic (exact) mass is 392 g/mol. The molecule has 0 radical (unpaired) electrons. The third kappa shape index (κ3) is 4.41. The molecular weight excluding hydrogens is 372 g/mol. The summed E-state index contributed by atoms with van der Waals surface area (Å²) in [6.07, 6.45) is 0. The van der Waals surface area contributed by atoms with E-state index in [0.717, 1.165) is 11.4 Å². The molecule has 0 spiro atoms. The van der Waals surface area contributed by atoms with Gasteiger partial charge in [0.1, 0.15) is 5.84 Å². The zero-order valence-electron chi connectivity index (χ0n) is 15.6. The number of nitrogens with two attached hydrogens (primary N) is 1. The molecule has 1 aromatic heterocycles. The zero-order chi connectivity index (χ0) is 20.1. The van der Waals surface area contributed by atoms with Crippen molar-refractivity contribution in [3.05, 3.63) is 59.8 Å². The highest BCUT2D eigenvalue weighted by atomic mass is 32.1. The number of carbonyl (C=O) groups excluding carboxylic acids is 1. The molecule has 3 aromatic rings. The van der Waals surface area contributed by atoms with Crippen molar-refractivity contribution in [3.8, 4) is 0 Å². The van der Waals surface area contributed by atoms with E-state index in [1.807, 2.05) is 31.2 Å². The molecule has 142 valence electrons. The Balaban J connectivity index is 1.84. The number of nitrogen functional groups attached to an aromatic ring is 1. The first-order chi connectivity index (χ1) is 13.5. The largest absolute Gasteiger partial charge is 0.399 e. The van der Waals surface area contributed by atoms with Crippen LogP contribution in [0, 0.1) is 6.92 Å². The van der Waals surface area contributed by atoms with Crippen molar-refractivity contribution in [2.75, 3.05) is 16.4 Å². The van der Waals surface area contributed by atoms with Gasteiger partial charge in [0.05, 0.1) is 22.6 Å². The Morgan fingerprint density at radius 3 is 2.71 bits per heavy atom. The highest BCUT2D eigenvalue weighted by Gasteiger charge is 2.19. The Kier molecular flexibility index (Phi) is 5.81. The summed E-state index contributed by atoms with van der Waals surface area (Å²) in [6, 6.07) is 14.5. The Labute approximate surface area is 167 Å². The fourth-order valence-corrected chi connectivity index (χ4v) is 3.42. The minimum atomic E-state index is -0.281. The number of aryl methyl sites for hydroxylation is 1.